The van der Waals surface area contributed by atoms with E-state index in [1.165, 1.54) is 6.07 Å². The van der Waals surface area contributed by atoms with Gasteiger partial charge in [0.2, 0.25) is 5.91 Å². The van der Waals surface area contributed by atoms with Gasteiger partial charge < -0.3 is 4.90 Å². The lowest BCUT2D eigenvalue weighted by molar-refractivity contribution is -0.385. The summed E-state index contributed by atoms with van der Waals surface area (Å²) in [6, 6.07) is 6.55. The van der Waals surface area contributed by atoms with Crippen molar-refractivity contribution in [1.29, 1.82) is 0 Å². The average molecular weight is 313 g/mol. The summed E-state index contributed by atoms with van der Waals surface area (Å²) in [4.78, 5) is 23.9. The number of nitro benzene ring substituents is 1. The van der Waals surface area contributed by atoms with Gasteiger partial charge in [0, 0.05) is 18.2 Å². The molecule has 1 heterocycles. The lowest BCUT2D eigenvalue weighted by Crippen LogP contribution is -2.41. The quantitative estimate of drug-likeness (QED) is 0.489. The minimum Gasteiger partial charge on any atom is -0.337 e. The molecular weight excluding hydrogens is 300 g/mol. The molecule has 5 nitrogen and oxygen atoms in total. The highest BCUT2D eigenvalue weighted by Gasteiger charge is 2.27. The molecule has 18 heavy (non-hydrogen) atoms. The van der Waals surface area contributed by atoms with Crippen molar-refractivity contribution in [2.75, 3.05) is 6.54 Å². The summed E-state index contributed by atoms with van der Waals surface area (Å²) in [5.41, 5.74) is 0.652. The Bertz CT molecular complexity index is 478. The van der Waals surface area contributed by atoms with Crippen molar-refractivity contribution in [1.82, 2.24) is 4.90 Å². The molecule has 0 spiro atoms. The van der Waals surface area contributed by atoms with E-state index < -0.39 is 4.92 Å². The van der Waals surface area contributed by atoms with Crippen LogP contribution in [-0.2, 0) is 11.3 Å². The second-order valence-electron chi connectivity index (χ2n) is 4.26. The largest absolute Gasteiger partial charge is 0.337 e. The Morgan fingerprint density at radius 1 is 1.44 bits per heavy atom. The molecule has 0 bridgehead atoms. The number of benzene rings is 1. The zero-order valence-corrected chi connectivity index (χ0v) is 11.3. The zero-order valence-electron chi connectivity index (χ0n) is 9.71. The fourth-order valence-electron chi connectivity index (χ4n) is 2.08. The fraction of sp³-hybridized carbons (Fsp3) is 0.417. The number of rotatable bonds is 3. The number of carbonyl (C=O) groups excluding carboxylic acids is 1. The molecule has 1 atom stereocenters. The normalized spacial score (nSPS) is 19.9. The Labute approximate surface area is 113 Å². The zero-order chi connectivity index (χ0) is 13.1. The molecule has 1 unspecified atom stereocenters. The second-order valence-corrected chi connectivity index (χ2v) is 5.36. The van der Waals surface area contributed by atoms with E-state index >= 15 is 0 Å². The van der Waals surface area contributed by atoms with E-state index in [1.807, 2.05) is 0 Å². The number of amides is 1. The Balaban J connectivity index is 2.18. The lowest BCUT2D eigenvalue weighted by atomic mass is 10.1. The topological polar surface area (TPSA) is 63.5 Å². The van der Waals surface area contributed by atoms with Crippen molar-refractivity contribution in [3.63, 3.8) is 0 Å². The molecule has 0 aromatic heterocycles. The van der Waals surface area contributed by atoms with Crippen LogP contribution in [0.5, 0.6) is 0 Å². The van der Waals surface area contributed by atoms with Gasteiger partial charge in [-0.3, -0.25) is 14.9 Å². The molecule has 0 saturated carbocycles. The van der Waals surface area contributed by atoms with Gasteiger partial charge in [0.1, 0.15) is 0 Å². The lowest BCUT2D eigenvalue weighted by Gasteiger charge is -2.29. The van der Waals surface area contributed by atoms with Crippen molar-refractivity contribution < 1.29 is 9.72 Å². The molecule has 1 fully saturated rings. The van der Waals surface area contributed by atoms with Gasteiger partial charge in [-0.05, 0) is 12.8 Å². The number of hydrogen-bond acceptors (Lipinski definition) is 3. The maximum Gasteiger partial charge on any atom is 0.274 e. The third-order valence-electron chi connectivity index (χ3n) is 3.01. The number of para-hydroxylation sites is 1. The molecule has 1 aliphatic rings. The van der Waals surface area contributed by atoms with Crippen LogP contribution in [0, 0.1) is 10.1 Å². The smallest absolute Gasteiger partial charge is 0.274 e. The van der Waals surface area contributed by atoms with Gasteiger partial charge in [-0.25, -0.2) is 0 Å². The van der Waals surface area contributed by atoms with Crippen LogP contribution in [0.15, 0.2) is 24.3 Å². The number of nitrogens with zero attached hydrogens (tertiary/aromatic N) is 2. The van der Waals surface area contributed by atoms with Gasteiger partial charge >= 0.3 is 0 Å². The Morgan fingerprint density at radius 3 is 2.89 bits per heavy atom. The number of carbonyl (C=O) groups is 1. The Hall–Kier alpha value is -1.43. The van der Waals surface area contributed by atoms with Gasteiger partial charge in [0.25, 0.3) is 5.69 Å². The highest BCUT2D eigenvalue weighted by molar-refractivity contribution is 9.10. The summed E-state index contributed by atoms with van der Waals surface area (Å²) in [5, 5.41) is 10.9. The van der Waals surface area contributed by atoms with E-state index in [9.17, 15) is 14.9 Å². The average Bonchev–Trinajstić information content (AvgIpc) is 2.35. The van der Waals surface area contributed by atoms with Gasteiger partial charge in [-0.1, -0.05) is 34.1 Å². The maximum atomic E-state index is 11.9. The number of likely N-dealkylation sites (tertiary alicyclic amines) is 1. The third-order valence-corrected chi connectivity index (χ3v) is 3.86. The summed E-state index contributed by atoms with van der Waals surface area (Å²) < 4.78 is 0. The van der Waals surface area contributed by atoms with Crippen molar-refractivity contribution in [2.24, 2.45) is 0 Å². The summed E-state index contributed by atoms with van der Waals surface area (Å²) in [7, 11) is 0. The van der Waals surface area contributed by atoms with E-state index in [-0.39, 0.29) is 16.4 Å². The van der Waals surface area contributed by atoms with Crippen LogP contribution < -0.4 is 0 Å². The molecule has 2 rings (SSSR count). The molecular formula is C12H13BrN2O3. The molecule has 1 aliphatic heterocycles. The summed E-state index contributed by atoms with van der Waals surface area (Å²) in [5.74, 6) is 0.0133. The first-order valence-electron chi connectivity index (χ1n) is 5.74. The number of alkyl halides is 1. The number of hydrogen-bond donors (Lipinski definition) is 0. The summed E-state index contributed by atoms with van der Waals surface area (Å²) >= 11 is 3.33. The van der Waals surface area contributed by atoms with Gasteiger partial charge in [-0.2, -0.15) is 0 Å². The van der Waals surface area contributed by atoms with Crippen molar-refractivity contribution in [3.05, 3.63) is 39.9 Å². The minimum atomic E-state index is -0.407. The first-order chi connectivity index (χ1) is 8.59. The van der Waals surface area contributed by atoms with E-state index in [2.05, 4.69) is 15.9 Å². The standard InChI is InChI=1S/C12H13BrN2O3/c13-10-5-3-7-14(12(10)16)8-9-4-1-2-6-11(9)15(17)18/h1-2,4,6,10H,3,5,7-8H2. The van der Waals surface area contributed by atoms with Gasteiger partial charge in [-0.15, -0.1) is 0 Å². The third kappa shape index (κ3) is 2.69. The van der Waals surface area contributed by atoms with E-state index in [0.29, 0.717) is 18.7 Å². The number of nitro groups is 1. The molecule has 0 aliphatic carbocycles. The fourth-order valence-corrected chi connectivity index (χ4v) is 2.69. The van der Waals surface area contributed by atoms with E-state index in [0.717, 1.165) is 12.8 Å². The second kappa shape index (κ2) is 5.48. The number of halogens is 1. The molecule has 6 heteroatoms. The Morgan fingerprint density at radius 2 is 2.17 bits per heavy atom. The van der Waals surface area contributed by atoms with Gasteiger partial charge in [0.15, 0.2) is 0 Å². The van der Waals surface area contributed by atoms with Crippen molar-refractivity contribution in [3.8, 4) is 0 Å². The predicted molar refractivity (Wildman–Crippen MR) is 70.5 cm³/mol. The highest BCUT2D eigenvalue weighted by atomic mass is 79.9. The van der Waals surface area contributed by atoms with Crippen LogP contribution in [0.1, 0.15) is 18.4 Å². The van der Waals surface area contributed by atoms with Crippen molar-refractivity contribution in [2.45, 2.75) is 24.2 Å². The molecule has 1 saturated heterocycles. The number of piperidine rings is 1. The van der Waals surface area contributed by atoms with Gasteiger partial charge in [0.05, 0.1) is 16.3 Å². The van der Waals surface area contributed by atoms with Crippen LogP contribution in [0.4, 0.5) is 5.69 Å². The predicted octanol–water partition coefficient (Wildman–Crippen LogP) is 2.48. The van der Waals surface area contributed by atoms with Crippen LogP contribution in [-0.4, -0.2) is 27.1 Å². The van der Waals surface area contributed by atoms with Crippen molar-refractivity contribution >= 4 is 27.5 Å². The first-order valence-corrected chi connectivity index (χ1v) is 6.66. The maximum absolute atomic E-state index is 11.9. The SMILES string of the molecule is O=C1C(Br)CCCN1Cc1ccccc1[N+](=O)[O-]. The molecule has 96 valence electrons. The van der Waals surface area contributed by atoms with Crippen LogP contribution >= 0.6 is 15.9 Å². The Kier molecular flexibility index (Phi) is 3.96. The molecule has 1 amide bonds. The van der Waals surface area contributed by atoms with Crippen LogP contribution in [0.2, 0.25) is 0 Å². The summed E-state index contributed by atoms with van der Waals surface area (Å²) in [6.07, 6.45) is 1.74. The minimum absolute atomic E-state index is 0.0133. The molecule has 0 N–H and O–H groups in total. The van der Waals surface area contributed by atoms with E-state index in [4.69, 9.17) is 0 Å². The molecule has 0 radical (unpaired) electrons. The van der Waals surface area contributed by atoms with Crippen LogP contribution in [0.3, 0.4) is 0 Å². The molecule has 1 aromatic carbocycles. The van der Waals surface area contributed by atoms with Crippen LogP contribution in [0.25, 0.3) is 0 Å². The molecule has 1 aromatic rings. The highest BCUT2D eigenvalue weighted by Crippen LogP contribution is 2.24. The monoisotopic (exact) mass is 312 g/mol. The summed E-state index contributed by atoms with van der Waals surface area (Å²) in [6.45, 7) is 0.963. The first kappa shape index (κ1) is 13.0. The van der Waals surface area contributed by atoms with E-state index in [1.54, 1.807) is 23.1 Å².